The molecule has 0 saturated heterocycles. The largest absolute Gasteiger partial charge is 0.465 e. The Balaban J connectivity index is 4.42. The van der Waals surface area contributed by atoms with Crippen LogP contribution in [0.5, 0.6) is 0 Å². The van der Waals surface area contributed by atoms with E-state index in [0.717, 1.165) is 0 Å². The van der Waals surface area contributed by atoms with Gasteiger partial charge in [-0.3, -0.25) is 9.59 Å². The number of allylic oxidation sites excluding steroid dienone is 1. The predicted molar refractivity (Wildman–Crippen MR) is 50.2 cm³/mol. The fraction of sp³-hybridized carbons (Fsp3) is 0.600. The maximum atomic E-state index is 11.3. The van der Waals surface area contributed by atoms with Gasteiger partial charge in [0.15, 0.2) is 5.92 Å². The fourth-order valence-electron chi connectivity index (χ4n) is 0.863. The van der Waals surface area contributed by atoms with Crippen LogP contribution in [0.4, 0.5) is 0 Å². The Hall–Kier alpha value is -1.32. The number of carbonyl (C=O) groups excluding carboxylic acids is 2. The van der Waals surface area contributed by atoms with Gasteiger partial charge >= 0.3 is 11.9 Å². The SMILES string of the molecule is C[C]=CC(C(=O)OCC)C(=O)OCC. The molecule has 4 nitrogen and oxygen atoms in total. The predicted octanol–water partition coefficient (Wildman–Crippen LogP) is 1.11. The summed E-state index contributed by atoms with van der Waals surface area (Å²) < 4.78 is 9.43. The third kappa shape index (κ3) is 4.07. The van der Waals surface area contributed by atoms with Gasteiger partial charge < -0.3 is 9.47 Å². The number of esters is 2. The smallest absolute Gasteiger partial charge is 0.324 e. The van der Waals surface area contributed by atoms with E-state index in [1.807, 2.05) is 0 Å². The van der Waals surface area contributed by atoms with E-state index >= 15 is 0 Å². The first-order chi connectivity index (χ1) is 6.67. The van der Waals surface area contributed by atoms with E-state index in [0.29, 0.717) is 0 Å². The minimum Gasteiger partial charge on any atom is -0.465 e. The van der Waals surface area contributed by atoms with Crippen molar-refractivity contribution in [3.8, 4) is 0 Å². The summed E-state index contributed by atoms with van der Waals surface area (Å²) in [5.41, 5.74) is 0. The van der Waals surface area contributed by atoms with Crippen molar-refractivity contribution < 1.29 is 19.1 Å². The number of rotatable bonds is 5. The van der Waals surface area contributed by atoms with Crippen LogP contribution < -0.4 is 0 Å². The normalized spacial score (nSPS) is 10.6. The van der Waals surface area contributed by atoms with Gasteiger partial charge in [-0.25, -0.2) is 0 Å². The first-order valence-electron chi connectivity index (χ1n) is 4.51. The Morgan fingerprint density at radius 1 is 1.21 bits per heavy atom. The van der Waals surface area contributed by atoms with Gasteiger partial charge in [0.1, 0.15) is 0 Å². The van der Waals surface area contributed by atoms with Gasteiger partial charge in [0, 0.05) is 0 Å². The van der Waals surface area contributed by atoms with Crippen molar-refractivity contribution in [1.82, 2.24) is 0 Å². The molecule has 0 spiro atoms. The Labute approximate surface area is 83.9 Å². The molecule has 0 aliphatic rings. The van der Waals surface area contributed by atoms with E-state index in [-0.39, 0.29) is 13.2 Å². The molecule has 0 N–H and O–H groups in total. The van der Waals surface area contributed by atoms with Crippen LogP contribution in [0, 0.1) is 12.0 Å². The van der Waals surface area contributed by atoms with Gasteiger partial charge in [-0.1, -0.05) is 12.2 Å². The first kappa shape index (κ1) is 12.7. The number of carbonyl (C=O) groups is 2. The molecule has 0 bridgehead atoms. The number of hydrogen-bond donors (Lipinski definition) is 0. The van der Waals surface area contributed by atoms with Crippen LogP contribution in [0.1, 0.15) is 20.8 Å². The van der Waals surface area contributed by atoms with Crippen molar-refractivity contribution in [1.29, 1.82) is 0 Å². The quantitative estimate of drug-likeness (QED) is 0.491. The Morgan fingerprint density at radius 2 is 1.64 bits per heavy atom. The number of hydrogen-bond acceptors (Lipinski definition) is 4. The summed E-state index contributed by atoms with van der Waals surface area (Å²) >= 11 is 0. The zero-order chi connectivity index (χ0) is 11.0. The van der Waals surface area contributed by atoms with E-state index in [9.17, 15) is 9.59 Å². The van der Waals surface area contributed by atoms with Gasteiger partial charge in [0.05, 0.1) is 13.2 Å². The molecule has 0 saturated carbocycles. The molecule has 4 heteroatoms. The fourth-order valence-corrected chi connectivity index (χ4v) is 0.863. The lowest BCUT2D eigenvalue weighted by Crippen LogP contribution is -2.26. The Bertz CT molecular complexity index is 202. The molecule has 14 heavy (non-hydrogen) atoms. The van der Waals surface area contributed by atoms with Gasteiger partial charge in [0.2, 0.25) is 0 Å². The highest BCUT2D eigenvalue weighted by Gasteiger charge is 2.26. The van der Waals surface area contributed by atoms with E-state index in [2.05, 4.69) is 6.08 Å². The topological polar surface area (TPSA) is 52.6 Å². The van der Waals surface area contributed by atoms with E-state index in [1.54, 1.807) is 20.8 Å². The zero-order valence-corrected chi connectivity index (χ0v) is 8.70. The average Bonchev–Trinajstić information content (AvgIpc) is 2.14. The summed E-state index contributed by atoms with van der Waals surface area (Å²) in [5.74, 6) is -2.18. The van der Waals surface area contributed by atoms with Crippen LogP contribution in [0.15, 0.2) is 6.08 Å². The summed E-state index contributed by atoms with van der Waals surface area (Å²) in [4.78, 5) is 22.5. The van der Waals surface area contributed by atoms with Gasteiger partial charge in [0.25, 0.3) is 0 Å². The molecular formula is C10H15O4. The molecule has 0 aliphatic heterocycles. The van der Waals surface area contributed by atoms with Gasteiger partial charge in [-0.15, -0.1) is 0 Å². The average molecular weight is 199 g/mol. The second-order valence-corrected chi connectivity index (χ2v) is 2.44. The summed E-state index contributed by atoms with van der Waals surface area (Å²) in [6, 6.07) is 0. The highest BCUT2D eigenvalue weighted by atomic mass is 16.6. The summed E-state index contributed by atoms with van der Waals surface area (Å²) in [6.45, 7) is 5.45. The maximum Gasteiger partial charge on any atom is 0.324 e. The van der Waals surface area contributed by atoms with E-state index in [4.69, 9.17) is 9.47 Å². The zero-order valence-electron chi connectivity index (χ0n) is 8.70. The second kappa shape index (κ2) is 7.12. The molecule has 0 fully saturated rings. The molecule has 1 radical (unpaired) electrons. The number of ether oxygens (including phenoxy) is 2. The summed E-state index contributed by atoms with van der Waals surface area (Å²) in [7, 11) is 0. The van der Waals surface area contributed by atoms with Crippen LogP contribution in [0.2, 0.25) is 0 Å². The van der Waals surface area contributed by atoms with Crippen molar-refractivity contribution >= 4 is 11.9 Å². The molecule has 0 aliphatic carbocycles. The Morgan fingerprint density at radius 3 is 1.93 bits per heavy atom. The van der Waals surface area contributed by atoms with Crippen molar-refractivity contribution in [2.75, 3.05) is 13.2 Å². The molecule has 79 valence electrons. The van der Waals surface area contributed by atoms with E-state index in [1.165, 1.54) is 6.08 Å². The Kier molecular flexibility index (Phi) is 6.45. The second-order valence-electron chi connectivity index (χ2n) is 2.44. The molecular weight excluding hydrogens is 184 g/mol. The molecule has 0 rings (SSSR count). The highest BCUT2D eigenvalue weighted by Crippen LogP contribution is 2.05. The molecule has 0 heterocycles. The molecule has 0 amide bonds. The van der Waals surface area contributed by atoms with Crippen LogP contribution >= 0.6 is 0 Å². The van der Waals surface area contributed by atoms with Crippen LogP contribution in [0.3, 0.4) is 0 Å². The summed E-state index contributed by atoms with van der Waals surface area (Å²) in [6.07, 6.45) is 3.96. The van der Waals surface area contributed by atoms with Crippen molar-refractivity contribution in [2.24, 2.45) is 5.92 Å². The standard InChI is InChI=1S/C10H15O4/c1-4-7-8(9(11)13-5-2)10(12)14-6-3/h7-8H,5-6H2,1-3H3. The lowest BCUT2D eigenvalue weighted by Gasteiger charge is -2.09. The molecule has 0 aromatic rings. The third-order valence-electron chi connectivity index (χ3n) is 1.41. The molecule has 0 atom stereocenters. The minimum absolute atomic E-state index is 0.242. The monoisotopic (exact) mass is 199 g/mol. The summed E-state index contributed by atoms with van der Waals surface area (Å²) in [5, 5.41) is 0. The van der Waals surface area contributed by atoms with Crippen molar-refractivity contribution in [3.05, 3.63) is 12.2 Å². The van der Waals surface area contributed by atoms with Gasteiger partial charge in [-0.2, -0.15) is 0 Å². The van der Waals surface area contributed by atoms with Crippen LogP contribution in [-0.2, 0) is 19.1 Å². The molecule has 0 aromatic heterocycles. The lowest BCUT2D eigenvalue weighted by atomic mass is 10.1. The molecule has 0 unspecified atom stereocenters. The van der Waals surface area contributed by atoms with Crippen LogP contribution in [0.25, 0.3) is 0 Å². The van der Waals surface area contributed by atoms with E-state index < -0.39 is 17.9 Å². The minimum atomic E-state index is -0.986. The van der Waals surface area contributed by atoms with Crippen molar-refractivity contribution in [3.63, 3.8) is 0 Å². The first-order valence-corrected chi connectivity index (χ1v) is 4.51. The van der Waals surface area contributed by atoms with Crippen molar-refractivity contribution in [2.45, 2.75) is 20.8 Å². The lowest BCUT2D eigenvalue weighted by molar-refractivity contribution is -0.158. The maximum absolute atomic E-state index is 11.3. The highest BCUT2D eigenvalue weighted by molar-refractivity contribution is 5.96. The van der Waals surface area contributed by atoms with Crippen LogP contribution in [-0.4, -0.2) is 25.2 Å². The molecule has 0 aromatic carbocycles. The third-order valence-corrected chi connectivity index (χ3v) is 1.41. The van der Waals surface area contributed by atoms with Gasteiger partial charge in [-0.05, 0) is 20.8 Å².